The Morgan fingerprint density at radius 2 is 1.95 bits per heavy atom. The first kappa shape index (κ1) is 14.1. The predicted molar refractivity (Wildman–Crippen MR) is 74.1 cm³/mol. The van der Waals surface area contributed by atoms with Crippen LogP contribution in [-0.4, -0.2) is 26.4 Å². The summed E-state index contributed by atoms with van der Waals surface area (Å²) < 4.78 is 1.91. The lowest BCUT2D eigenvalue weighted by molar-refractivity contribution is 0.203. The van der Waals surface area contributed by atoms with Crippen molar-refractivity contribution < 1.29 is 10.2 Å². The third-order valence-corrected chi connectivity index (χ3v) is 3.24. The molecule has 0 radical (unpaired) electrons. The Labute approximate surface area is 117 Å². The van der Waals surface area contributed by atoms with Crippen molar-refractivity contribution in [1.82, 2.24) is 9.55 Å². The summed E-state index contributed by atoms with van der Waals surface area (Å²) in [6, 6.07) is 7.08. The van der Waals surface area contributed by atoms with Gasteiger partial charge in [0.15, 0.2) is 0 Å². The maximum atomic E-state index is 10.3. The Balaban J connectivity index is 2.12. The van der Waals surface area contributed by atoms with E-state index in [9.17, 15) is 5.11 Å². The van der Waals surface area contributed by atoms with Gasteiger partial charge in [-0.2, -0.15) is 0 Å². The molecule has 0 aliphatic heterocycles. The Morgan fingerprint density at radius 3 is 2.63 bits per heavy atom. The molecule has 1 unspecified atom stereocenters. The Kier molecular flexibility index (Phi) is 4.96. The number of aliphatic hydroxyl groups is 2. The molecular weight excluding hydrogens is 264 g/mol. The molecule has 0 aliphatic rings. The number of rotatable bonds is 6. The van der Waals surface area contributed by atoms with Crippen molar-refractivity contribution in [1.29, 1.82) is 0 Å². The average molecular weight is 281 g/mol. The molecule has 0 spiro atoms. The molecule has 19 heavy (non-hydrogen) atoms. The molecule has 0 bridgehead atoms. The number of hydrogen-bond acceptors (Lipinski definition) is 3. The van der Waals surface area contributed by atoms with E-state index in [1.807, 2.05) is 10.8 Å². The molecule has 102 valence electrons. The molecule has 1 heterocycles. The minimum absolute atomic E-state index is 0.184. The number of unbranched alkanes of at least 4 members (excludes halogenated alkanes) is 1. The van der Waals surface area contributed by atoms with Gasteiger partial charge in [0.25, 0.3) is 0 Å². The fourth-order valence-corrected chi connectivity index (χ4v) is 2.07. The summed E-state index contributed by atoms with van der Waals surface area (Å²) >= 11 is 5.83. The third-order valence-electron chi connectivity index (χ3n) is 2.99. The predicted octanol–water partition coefficient (Wildman–Crippen LogP) is 2.39. The van der Waals surface area contributed by atoms with Crippen molar-refractivity contribution in [2.45, 2.75) is 25.5 Å². The number of aryl methyl sites for hydroxylation is 1. The van der Waals surface area contributed by atoms with Gasteiger partial charge in [0.2, 0.25) is 0 Å². The van der Waals surface area contributed by atoms with Crippen molar-refractivity contribution in [2.24, 2.45) is 0 Å². The van der Waals surface area contributed by atoms with E-state index in [0.717, 1.165) is 24.9 Å². The molecule has 4 nitrogen and oxygen atoms in total. The fourth-order valence-electron chi connectivity index (χ4n) is 1.95. The largest absolute Gasteiger partial charge is 0.396 e. The minimum atomic E-state index is -0.763. The van der Waals surface area contributed by atoms with Crippen molar-refractivity contribution >= 4 is 11.6 Å². The Bertz CT molecular complexity index is 510. The van der Waals surface area contributed by atoms with Gasteiger partial charge in [-0.05, 0) is 30.5 Å². The van der Waals surface area contributed by atoms with Crippen LogP contribution in [0.2, 0.25) is 5.02 Å². The van der Waals surface area contributed by atoms with E-state index in [1.54, 1.807) is 30.5 Å². The minimum Gasteiger partial charge on any atom is -0.396 e. The number of halogens is 1. The highest BCUT2D eigenvalue weighted by atomic mass is 35.5. The van der Waals surface area contributed by atoms with Gasteiger partial charge in [-0.25, -0.2) is 4.98 Å². The highest BCUT2D eigenvalue weighted by molar-refractivity contribution is 6.30. The summed E-state index contributed by atoms with van der Waals surface area (Å²) in [5, 5.41) is 19.8. The highest BCUT2D eigenvalue weighted by Crippen LogP contribution is 2.22. The molecule has 0 aliphatic carbocycles. The molecule has 2 aromatic rings. The van der Waals surface area contributed by atoms with Crippen LogP contribution in [0.4, 0.5) is 0 Å². The lowest BCUT2D eigenvalue weighted by Crippen LogP contribution is -2.10. The van der Waals surface area contributed by atoms with E-state index in [2.05, 4.69) is 4.98 Å². The molecule has 1 aromatic carbocycles. The zero-order chi connectivity index (χ0) is 13.7. The van der Waals surface area contributed by atoms with Gasteiger partial charge >= 0.3 is 0 Å². The lowest BCUT2D eigenvalue weighted by atomic mass is 10.1. The average Bonchev–Trinajstić information content (AvgIpc) is 2.87. The summed E-state index contributed by atoms with van der Waals surface area (Å²) in [7, 11) is 0. The molecule has 0 fully saturated rings. The number of aliphatic hydroxyl groups excluding tert-OH is 2. The fraction of sp³-hybridized carbons (Fsp3) is 0.357. The van der Waals surface area contributed by atoms with Gasteiger partial charge in [0.05, 0.1) is 0 Å². The zero-order valence-corrected chi connectivity index (χ0v) is 11.3. The van der Waals surface area contributed by atoms with E-state index in [0.29, 0.717) is 10.8 Å². The third kappa shape index (κ3) is 3.56. The second-order valence-corrected chi connectivity index (χ2v) is 4.80. The summed E-state index contributed by atoms with van der Waals surface area (Å²) in [6.07, 6.45) is 4.35. The molecule has 1 aromatic heterocycles. The molecule has 0 saturated carbocycles. The van der Waals surface area contributed by atoms with Crippen LogP contribution in [0.15, 0.2) is 36.7 Å². The van der Waals surface area contributed by atoms with Crippen LogP contribution >= 0.6 is 11.6 Å². The van der Waals surface area contributed by atoms with Crippen LogP contribution in [0, 0.1) is 0 Å². The topological polar surface area (TPSA) is 58.3 Å². The Morgan fingerprint density at radius 1 is 1.21 bits per heavy atom. The summed E-state index contributed by atoms with van der Waals surface area (Å²) in [6.45, 7) is 0.921. The van der Waals surface area contributed by atoms with Crippen molar-refractivity contribution in [3.05, 3.63) is 53.1 Å². The second-order valence-electron chi connectivity index (χ2n) is 4.36. The number of aromatic nitrogens is 2. The monoisotopic (exact) mass is 280 g/mol. The van der Waals surface area contributed by atoms with Crippen LogP contribution in [0.3, 0.4) is 0 Å². The van der Waals surface area contributed by atoms with Crippen LogP contribution in [0.25, 0.3) is 0 Å². The molecule has 0 amide bonds. The zero-order valence-electron chi connectivity index (χ0n) is 10.5. The van der Waals surface area contributed by atoms with Gasteiger partial charge in [-0.1, -0.05) is 23.7 Å². The van der Waals surface area contributed by atoms with Crippen LogP contribution < -0.4 is 0 Å². The van der Waals surface area contributed by atoms with Gasteiger partial charge in [0, 0.05) is 30.6 Å². The lowest BCUT2D eigenvalue weighted by Gasteiger charge is -2.13. The summed E-state index contributed by atoms with van der Waals surface area (Å²) in [5.74, 6) is 0.611. The molecule has 2 N–H and O–H groups in total. The molecule has 1 atom stereocenters. The molecular formula is C14H17ClN2O2. The van der Waals surface area contributed by atoms with E-state index in [1.165, 1.54) is 0 Å². The van der Waals surface area contributed by atoms with Gasteiger partial charge in [-0.15, -0.1) is 0 Å². The number of hydrogen-bond donors (Lipinski definition) is 2. The first-order chi connectivity index (χ1) is 9.22. The Hall–Kier alpha value is -1.36. The normalized spacial score (nSPS) is 12.6. The SMILES string of the molecule is OCCCCn1ccnc1C(O)c1ccc(Cl)cc1. The first-order valence-corrected chi connectivity index (χ1v) is 6.65. The van der Waals surface area contributed by atoms with Gasteiger partial charge in [0.1, 0.15) is 11.9 Å². The highest BCUT2D eigenvalue weighted by Gasteiger charge is 2.15. The summed E-state index contributed by atoms with van der Waals surface area (Å²) in [4.78, 5) is 4.21. The molecule has 0 saturated heterocycles. The maximum absolute atomic E-state index is 10.3. The van der Waals surface area contributed by atoms with E-state index >= 15 is 0 Å². The van der Waals surface area contributed by atoms with E-state index in [4.69, 9.17) is 16.7 Å². The number of imidazole rings is 1. The smallest absolute Gasteiger partial charge is 0.142 e. The number of nitrogens with zero attached hydrogens (tertiary/aromatic N) is 2. The van der Waals surface area contributed by atoms with Crippen molar-refractivity contribution in [3.8, 4) is 0 Å². The van der Waals surface area contributed by atoms with Crippen molar-refractivity contribution in [2.75, 3.05) is 6.61 Å². The quantitative estimate of drug-likeness (QED) is 0.799. The maximum Gasteiger partial charge on any atom is 0.142 e. The van der Waals surface area contributed by atoms with E-state index < -0.39 is 6.10 Å². The second kappa shape index (κ2) is 6.70. The van der Waals surface area contributed by atoms with Crippen LogP contribution in [0.1, 0.15) is 30.3 Å². The van der Waals surface area contributed by atoms with Crippen LogP contribution in [0.5, 0.6) is 0 Å². The summed E-state index contributed by atoms with van der Waals surface area (Å²) in [5.41, 5.74) is 0.763. The van der Waals surface area contributed by atoms with Gasteiger partial charge < -0.3 is 14.8 Å². The number of benzene rings is 1. The van der Waals surface area contributed by atoms with Crippen molar-refractivity contribution in [3.63, 3.8) is 0 Å². The standard InChI is InChI=1S/C14H17ClN2O2/c15-12-5-3-11(4-6-12)13(19)14-16-7-9-17(14)8-1-2-10-18/h3-7,9,13,18-19H,1-2,8,10H2. The van der Waals surface area contributed by atoms with Gasteiger partial charge in [-0.3, -0.25) is 0 Å². The van der Waals surface area contributed by atoms with E-state index in [-0.39, 0.29) is 6.61 Å². The first-order valence-electron chi connectivity index (χ1n) is 6.28. The molecule has 5 heteroatoms. The van der Waals surface area contributed by atoms with Crippen LogP contribution in [-0.2, 0) is 6.54 Å². The molecule has 2 rings (SSSR count).